The van der Waals surface area contributed by atoms with Crippen molar-refractivity contribution in [1.82, 2.24) is 4.90 Å². The minimum Gasteiger partial charge on any atom is -0.338 e. The van der Waals surface area contributed by atoms with Gasteiger partial charge in [0.05, 0.1) is 0 Å². The van der Waals surface area contributed by atoms with Crippen molar-refractivity contribution in [2.24, 2.45) is 0 Å². The fraction of sp³-hybridized carbons (Fsp3) is 0.333. The molecule has 0 aliphatic carbocycles. The molecular weight excluding hydrogens is 226 g/mol. The molecule has 0 atom stereocenters. The highest BCUT2D eigenvalue weighted by Gasteiger charge is 2.23. The van der Waals surface area contributed by atoms with E-state index in [4.69, 9.17) is 0 Å². The number of carbonyl (C=O) groups excluding carboxylic acids is 2. The fourth-order valence-corrected chi connectivity index (χ4v) is 2.26. The van der Waals surface area contributed by atoms with Crippen LogP contribution >= 0.6 is 0 Å². The summed E-state index contributed by atoms with van der Waals surface area (Å²) in [5, 5.41) is 0. The minimum atomic E-state index is 0.107. The van der Waals surface area contributed by atoms with Crippen LogP contribution in [0.5, 0.6) is 0 Å². The van der Waals surface area contributed by atoms with Crippen molar-refractivity contribution in [1.29, 1.82) is 0 Å². The predicted molar refractivity (Wildman–Crippen MR) is 70.6 cm³/mol. The largest absolute Gasteiger partial charge is 0.338 e. The summed E-state index contributed by atoms with van der Waals surface area (Å²) in [7, 11) is 0. The number of nitrogens with zero attached hydrogens (tertiary/aromatic N) is 1. The van der Waals surface area contributed by atoms with Gasteiger partial charge in [0.15, 0.2) is 0 Å². The molecule has 94 valence electrons. The van der Waals surface area contributed by atoms with Gasteiger partial charge in [-0.15, -0.1) is 0 Å². The van der Waals surface area contributed by atoms with E-state index in [1.165, 1.54) is 11.6 Å². The molecule has 0 spiro atoms. The average Bonchev–Trinajstić information content (AvgIpc) is 2.37. The van der Waals surface area contributed by atoms with E-state index in [0.29, 0.717) is 6.54 Å². The normalized spacial score (nSPS) is 14.9. The van der Waals surface area contributed by atoms with Crippen LogP contribution in [0, 0.1) is 6.92 Å². The molecule has 18 heavy (non-hydrogen) atoms. The Morgan fingerprint density at radius 2 is 2.22 bits per heavy atom. The van der Waals surface area contributed by atoms with Crippen molar-refractivity contribution < 1.29 is 9.59 Å². The van der Waals surface area contributed by atoms with Gasteiger partial charge in [0.2, 0.25) is 0 Å². The SMILES string of the molecule is Cc1ccc2c(c1)CCN(CC/C=C/C=O)C2=O. The van der Waals surface area contributed by atoms with Gasteiger partial charge < -0.3 is 4.90 Å². The van der Waals surface area contributed by atoms with Crippen LogP contribution < -0.4 is 0 Å². The van der Waals surface area contributed by atoms with Crippen molar-refractivity contribution in [2.45, 2.75) is 19.8 Å². The average molecular weight is 243 g/mol. The van der Waals surface area contributed by atoms with E-state index in [1.807, 2.05) is 24.0 Å². The summed E-state index contributed by atoms with van der Waals surface area (Å²) in [6.07, 6.45) is 5.68. The molecular formula is C15H17NO2. The zero-order chi connectivity index (χ0) is 13.0. The molecule has 1 aromatic rings. The molecule has 0 fully saturated rings. The van der Waals surface area contributed by atoms with Crippen molar-refractivity contribution in [2.75, 3.05) is 13.1 Å². The predicted octanol–water partition coefficient (Wildman–Crippen LogP) is 2.14. The number of amides is 1. The van der Waals surface area contributed by atoms with Crippen molar-refractivity contribution in [3.05, 3.63) is 47.0 Å². The maximum atomic E-state index is 12.2. The van der Waals surface area contributed by atoms with E-state index in [0.717, 1.165) is 36.8 Å². The first-order chi connectivity index (χ1) is 8.72. The molecule has 0 unspecified atom stereocenters. The number of hydrogen-bond acceptors (Lipinski definition) is 2. The molecule has 1 heterocycles. The Morgan fingerprint density at radius 1 is 1.39 bits per heavy atom. The quantitative estimate of drug-likeness (QED) is 0.600. The minimum absolute atomic E-state index is 0.107. The van der Waals surface area contributed by atoms with Crippen LogP contribution in [0.2, 0.25) is 0 Å². The van der Waals surface area contributed by atoms with E-state index >= 15 is 0 Å². The Balaban J connectivity index is 2.06. The smallest absolute Gasteiger partial charge is 0.254 e. The second-order valence-corrected chi connectivity index (χ2v) is 4.56. The van der Waals surface area contributed by atoms with Gasteiger partial charge in [0.1, 0.15) is 6.29 Å². The Kier molecular flexibility index (Phi) is 3.92. The summed E-state index contributed by atoms with van der Waals surface area (Å²) < 4.78 is 0. The zero-order valence-corrected chi connectivity index (χ0v) is 10.6. The van der Waals surface area contributed by atoms with Gasteiger partial charge in [-0.3, -0.25) is 9.59 Å². The van der Waals surface area contributed by atoms with E-state index in [9.17, 15) is 9.59 Å². The summed E-state index contributed by atoms with van der Waals surface area (Å²) in [4.78, 5) is 24.2. The number of aldehydes is 1. The summed E-state index contributed by atoms with van der Waals surface area (Å²) in [6, 6.07) is 5.99. The Bertz CT molecular complexity index is 491. The van der Waals surface area contributed by atoms with Gasteiger partial charge in [-0.1, -0.05) is 23.8 Å². The first-order valence-electron chi connectivity index (χ1n) is 6.21. The molecule has 0 saturated carbocycles. The highest BCUT2D eigenvalue weighted by atomic mass is 16.2. The van der Waals surface area contributed by atoms with Crippen molar-refractivity contribution in [3.63, 3.8) is 0 Å². The lowest BCUT2D eigenvalue weighted by Crippen LogP contribution is -2.38. The molecule has 3 heteroatoms. The van der Waals surface area contributed by atoms with Crippen molar-refractivity contribution in [3.8, 4) is 0 Å². The van der Waals surface area contributed by atoms with Crippen molar-refractivity contribution >= 4 is 12.2 Å². The van der Waals surface area contributed by atoms with Gasteiger partial charge in [-0.25, -0.2) is 0 Å². The molecule has 1 aromatic carbocycles. The molecule has 1 aliphatic heterocycles. The van der Waals surface area contributed by atoms with Crippen LogP contribution in [-0.2, 0) is 11.2 Å². The first kappa shape index (κ1) is 12.6. The van der Waals surface area contributed by atoms with E-state index in [1.54, 1.807) is 6.08 Å². The summed E-state index contributed by atoms with van der Waals surface area (Å²) in [6.45, 7) is 3.49. The lowest BCUT2D eigenvalue weighted by atomic mass is 9.97. The van der Waals surface area contributed by atoms with Crippen LogP contribution in [0.15, 0.2) is 30.4 Å². The molecule has 1 aliphatic rings. The maximum Gasteiger partial charge on any atom is 0.254 e. The fourth-order valence-electron chi connectivity index (χ4n) is 2.26. The Labute approximate surface area is 107 Å². The van der Waals surface area contributed by atoms with Crippen LogP contribution in [0.1, 0.15) is 27.9 Å². The van der Waals surface area contributed by atoms with Gasteiger partial charge in [-0.2, -0.15) is 0 Å². The number of aryl methyl sites for hydroxylation is 1. The summed E-state index contributed by atoms with van der Waals surface area (Å²) in [5.74, 6) is 0.107. The number of allylic oxidation sites excluding steroid dienone is 1. The van der Waals surface area contributed by atoms with Gasteiger partial charge in [0, 0.05) is 18.7 Å². The van der Waals surface area contributed by atoms with Crippen LogP contribution in [-0.4, -0.2) is 30.2 Å². The molecule has 2 rings (SSSR count). The van der Waals surface area contributed by atoms with Gasteiger partial charge >= 0.3 is 0 Å². The van der Waals surface area contributed by atoms with E-state index < -0.39 is 0 Å². The molecule has 0 radical (unpaired) electrons. The lowest BCUT2D eigenvalue weighted by molar-refractivity contribution is -0.104. The van der Waals surface area contributed by atoms with E-state index in [-0.39, 0.29) is 5.91 Å². The van der Waals surface area contributed by atoms with Gasteiger partial charge in [-0.05, 0) is 37.5 Å². The first-order valence-corrected chi connectivity index (χ1v) is 6.21. The molecule has 0 aromatic heterocycles. The summed E-state index contributed by atoms with van der Waals surface area (Å²) >= 11 is 0. The molecule has 1 amide bonds. The monoisotopic (exact) mass is 243 g/mol. The third-order valence-electron chi connectivity index (χ3n) is 3.21. The van der Waals surface area contributed by atoms with Crippen LogP contribution in [0.3, 0.4) is 0 Å². The van der Waals surface area contributed by atoms with Crippen LogP contribution in [0.4, 0.5) is 0 Å². The molecule has 0 bridgehead atoms. The molecule has 3 nitrogen and oxygen atoms in total. The van der Waals surface area contributed by atoms with Crippen LogP contribution in [0.25, 0.3) is 0 Å². The highest BCUT2D eigenvalue weighted by Crippen LogP contribution is 2.20. The zero-order valence-electron chi connectivity index (χ0n) is 10.6. The Hall–Kier alpha value is -1.90. The Morgan fingerprint density at radius 3 is 3.00 bits per heavy atom. The van der Waals surface area contributed by atoms with E-state index in [2.05, 4.69) is 6.07 Å². The molecule has 0 N–H and O–H groups in total. The topological polar surface area (TPSA) is 37.4 Å². The van der Waals surface area contributed by atoms with Gasteiger partial charge in [0.25, 0.3) is 5.91 Å². The number of carbonyl (C=O) groups is 2. The second kappa shape index (κ2) is 5.63. The third kappa shape index (κ3) is 2.67. The number of benzene rings is 1. The number of fused-ring (bicyclic) bond motifs is 1. The highest BCUT2D eigenvalue weighted by molar-refractivity contribution is 5.96. The molecule has 0 saturated heterocycles. The standard InChI is InChI=1S/C15H17NO2/c1-12-5-6-14-13(11-12)7-9-16(15(14)18)8-3-2-4-10-17/h2,4-6,10-11H,3,7-9H2,1H3/b4-2+. The second-order valence-electron chi connectivity index (χ2n) is 4.56. The number of rotatable bonds is 4. The maximum absolute atomic E-state index is 12.2. The lowest BCUT2D eigenvalue weighted by Gasteiger charge is -2.28. The third-order valence-corrected chi connectivity index (χ3v) is 3.21. The summed E-state index contributed by atoms with van der Waals surface area (Å²) in [5.41, 5.74) is 3.18. The number of hydrogen-bond donors (Lipinski definition) is 0.